The van der Waals surface area contributed by atoms with Crippen LogP contribution in [0, 0.1) is 23.5 Å². The van der Waals surface area contributed by atoms with Gasteiger partial charge < -0.3 is 19.7 Å². The van der Waals surface area contributed by atoms with Crippen molar-refractivity contribution in [3.8, 4) is 17.0 Å². The van der Waals surface area contributed by atoms with E-state index in [1.165, 1.54) is 6.07 Å². The number of benzene rings is 2. The molecular formula is C26H24ClF2N3O3. The number of nitrogens with zero attached hydrogens (tertiary/aromatic N) is 2. The van der Waals surface area contributed by atoms with Crippen LogP contribution in [0.5, 0.6) is 5.75 Å². The lowest BCUT2D eigenvalue weighted by Gasteiger charge is -2.32. The Bertz CT molecular complexity index is 1300. The molecule has 0 unspecified atom stereocenters. The maximum atomic E-state index is 13.6. The van der Waals surface area contributed by atoms with E-state index in [0.717, 1.165) is 31.4 Å². The smallest absolute Gasteiger partial charge is 0.261 e. The molecule has 2 N–H and O–H groups in total. The molecule has 0 radical (unpaired) electrons. The Balaban J connectivity index is 1.09. The maximum Gasteiger partial charge on any atom is 0.261 e. The predicted octanol–water partition coefficient (Wildman–Crippen LogP) is 4.82. The molecule has 2 aromatic carbocycles. The Morgan fingerprint density at radius 3 is 2.71 bits per heavy atom. The van der Waals surface area contributed by atoms with Crippen molar-refractivity contribution in [1.82, 2.24) is 14.9 Å². The number of aliphatic hydroxyl groups excluding tert-OH is 1. The van der Waals surface area contributed by atoms with Crippen LogP contribution < -0.4 is 10.1 Å². The highest BCUT2D eigenvalue weighted by atomic mass is 35.5. The third kappa shape index (κ3) is 4.08. The number of carbonyl (C=O) groups is 1. The molecule has 1 amide bonds. The number of imidazole rings is 1. The first-order valence-electron chi connectivity index (χ1n) is 11.8. The molecule has 2 fully saturated rings. The molecule has 0 saturated heterocycles. The topological polar surface area (TPSA) is 76.4 Å². The molecule has 3 aromatic rings. The first-order chi connectivity index (χ1) is 16.9. The van der Waals surface area contributed by atoms with Crippen molar-refractivity contribution in [3.63, 3.8) is 0 Å². The summed E-state index contributed by atoms with van der Waals surface area (Å²) in [5.41, 5.74) is 1.74. The second-order valence-electron chi connectivity index (χ2n) is 9.78. The Morgan fingerprint density at radius 1 is 1.09 bits per heavy atom. The summed E-state index contributed by atoms with van der Waals surface area (Å²) in [7, 11) is 0. The van der Waals surface area contributed by atoms with Crippen LogP contribution >= 0.6 is 11.6 Å². The Morgan fingerprint density at radius 2 is 1.94 bits per heavy atom. The first kappa shape index (κ1) is 22.5. The fraction of sp³-hybridized carbons (Fsp3) is 0.385. The number of carbonyl (C=O) groups excluding carboxylic acids is 1. The average Bonchev–Trinajstić information content (AvgIpc) is 3.57. The van der Waals surface area contributed by atoms with Crippen molar-refractivity contribution in [2.45, 2.75) is 50.0 Å². The van der Waals surface area contributed by atoms with Gasteiger partial charge in [-0.1, -0.05) is 11.6 Å². The van der Waals surface area contributed by atoms with Crippen LogP contribution in [0.25, 0.3) is 11.3 Å². The van der Waals surface area contributed by atoms with E-state index in [9.17, 15) is 18.7 Å². The second kappa shape index (κ2) is 8.60. The molecule has 1 aromatic heterocycles. The normalized spacial score (nSPS) is 29.0. The molecule has 2 bridgehead atoms. The second-order valence-corrected chi connectivity index (χ2v) is 10.2. The van der Waals surface area contributed by atoms with Gasteiger partial charge in [0, 0.05) is 40.9 Å². The molecule has 35 heavy (non-hydrogen) atoms. The van der Waals surface area contributed by atoms with Crippen molar-refractivity contribution < 1.29 is 23.4 Å². The van der Waals surface area contributed by atoms with E-state index < -0.39 is 23.8 Å². The van der Waals surface area contributed by atoms with E-state index in [0.29, 0.717) is 39.4 Å². The average molecular weight is 500 g/mol. The van der Waals surface area contributed by atoms with Gasteiger partial charge in [-0.15, -0.1) is 0 Å². The van der Waals surface area contributed by atoms with Gasteiger partial charge in [-0.25, -0.2) is 13.8 Å². The van der Waals surface area contributed by atoms with Gasteiger partial charge in [0.05, 0.1) is 18.1 Å². The van der Waals surface area contributed by atoms with E-state index in [4.69, 9.17) is 16.3 Å². The van der Waals surface area contributed by atoms with Crippen molar-refractivity contribution in [2.24, 2.45) is 11.8 Å². The molecule has 2 heterocycles. The van der Waals surface area contributed by atoms with Gasteiger partial charge in [0.15, 0.2) is 17.7 Å². The molecular weight excluding hydrogens is 476 g/mol. The minimum atomic E-state index is -0.891. The van der Waals surface area contributed by atoms with Gasteiger partial charge in [0.1, 0.15) is 5.75 Å². The molecule has 2 saturated carbocycles. The van der Waals surface area contributed by atoms with E-state index in [1.54, 1.807) is 24.5 Å². The molecule has 182 valence electrons. The number of halogens is 3. The summed E-state index contributed by atoms with van der Waals surface area (Å²) in [4.78, 5) is 17.4. The lowest BCUT2D eigenvalue weighted by Crippen LogP contribution is -2.47. The Kier molecular flexibility index (Phi) is 5.53. The summed E-state index contributed by atoms with van der Waals surface area (Å²) >= 11 is 6.01. The molecule has 6 atom stereocenters. The SMILES string of the molecule is O=C(N[C@H]1C[C@H]2C[C@@H]1C[C@@H]2n1cnc(-c2ccc(F)c(F)c2)c1)[C@H]1C[C@@H](O)c2cc(Cl)ccc2O1. The largest absolute Gasteiger partial charge is 0.480 e. The fourth-order valence-corrected chi connectivity index (χ4v) is 6.14. The summed E-state index contributed by atoms with van der Waals surface area (Å²) in [6.45, 7) is 0. The lowest BCUT2D eigenvalue weighted by molar-refractivity contribution is -0.131. The zero-order valence-electron chi connectivity index (χ0n) is 18.7. The number of ether oxygens (including phenoxy) is 1. The number of fused-ring (bicyclic) bond motifs is 3. The van der Waals surface area contributed by atoms with Crippen LogP contribution in [0.1, 0.15) is 43.4 Å². The van der Waals surface area contributed by atoms with Crippen LogP contribution in [0.3, 0.4) is 0 Å². The Labute approximate surface area is 205 Å². The fourth-order valence-electron chi connectivity index (χ4n) is 5.96. The van der Waals surface area contributed by atoms with E-state index in [1.807, 2.05) is 6.20 Å². The zero-order chi connectivity index (χ0) is 24.3. The highest BCUT2D eigenvalue weighted by Crippen LogP contribution is 2.51. The molecule has 1 aliphatic heterocycles. The highest BCUT2D eigenvalue weighted by Gasteiger charge is 2.47. The number of amides is 1. The van der Waals surface area contributed by atoms with Crippen LogP contribution in [-0.2, 0) is 4.79 Å². The van der Waals surface area contributed by atoms with Crippen LogP contribution in [0.15, 0.2) is 48.9 Å². The minimum absolute atomic E-state index is 0.0605. The summed E-state index contributed by atoms with van der Waals surface area (Å²) in [5.74, 6) is -0.769. The molecule has 3 aliphatic rings. The third-order valence-corrected chi connectivity index (χ3v) is 7.91. The standard InChI is InChI=1S/C26H24ClF2N3O3/c27-16-2-4-24-17(9-16)23(33)10-25(35-24)26(34)31-20-7-15-5-14(20)8-22(15)32-11-21(30-12-32)13-1-3-18(28)19(29)6-13/h1-4,6,9,11-12,14-15,20,22-23,25,33H,5,7-8,10H2,(H,31,34)/t14-,15-,20+,22+,23-,25-/m1/s1. The number of hydrogen-bond acceptors (Lipinski definition) is 4. The monoisotopic (exact) mass is 499 g/mol. The van der Waals surface area contributed by atoms with Crippen molar-refractivity contribution in [3.05, 3.63) is 71.1 Å². The van der Waals surface area contributed by atoms with Crippen molar-refractivity contribution in [2.75, 3.05) is 0 Å². The zero-order valence-corrected chi connectivity index (χ0v) is 19.5. The van der Waals surface area contributed by atoms with Crippen LogP contribution in [0.4, 0.5) is 8.78 Å². The van der Waals surface area contributed by atoms with Crippen molar-refractivity contribution in [1.29, 1.82) is 0 Å². The number of aromatic nitrogens is 2. The minimum Gasteiger partial charge on any atom is -0.480 e. The molecule has 9 heteroatoms. The van der Waals surface area contributed by atoms with E-state index in [-0.39, 0.29) is 24.4 Å². The van der Waals surface area contributed by atoms with Gasteiger partial charge in [-0.05, 0) is 67.5 Å². The molecule has 2 aliphatic carbocycles. The van der Waals surface area contributed by atoms with E-state index >= 15 is 0 Å². The lowest BCUT2D eigenvalue weighted by atomic mass is 9.90. The molecule has 0 spiro atoms. The quantitative estimate of drug-likeness (QED) is 0.539. The number of nitrogens with one attached hydrogen (secondary N) is 1. The van der Waals surface area contributed by atoms with Gasteiger partial charge >= 0.3 is 0 Å². The number of aliphatic hydroxyl groups is 1. The summed E-state index contributed by atoms with van der Waals surface area (Å²) in [6, 6.07) is 9.13. The summed E-state index contributed by atoms with van der Waals surface area (Å²) in [6.07, 6.45) is 5.01. The van der Waals surface area contributed by atoms with Gasteiger partial charge in [0.25, 0.3) is 5.91 Å². The van der Waals surface area contributed by atoms with Crippen LogP contribution in [-0.4, -0.2) is 32.7 Å². The number of rotatable bonds is 4. The van der Waals surface area contributed by atoms with E-state index in [2.05, 4.69) is 14.9 Å². The molecule has 6 rings (SSSR count). The predicted molar refractivity (Wildman–Crippen MR) is 125 cm³/mol. The van der Waals surface area contributed by atoms with Crippen molar-refractivity contribution >= 4 is 17.5 Å². The summed E-state index contributed by atoms with van der Waals surface area (Å²) in [5, 5.41) is 14.1. The number of hydrogen-bond donors (Lipinski definition) is 2. The Hall–Kier alpha value is -2.97. The van der Waals surface area contributed by atoms with Crippen LogP contribution in [0.2, 0.25) is 5.02 Å². The summed E-state index contributed by atoms with van der Waals surface area (Å²) < 4.78 is 34.8. The van der Waals surface area contributed by atoms with Gasteiger partial charge in [-0.3, -0.25) is 4.79 Å². The molecule has 6 nitrogen and oxygen atoms in total. The first-order valence-corrected chi connectivity index (χ1v) is 12.2. The highest BCUT2D eigenvalue weighted by molar-refractivity contribution is 6.30. The van der Waals surface area contributed by atoms with Gasteiger partial charge in [0.2, 0.25) is 0 Å². The third-order valence-electron chi connectivity index (χ3n) is 7.68. The van der Waals surface area contributed by atoms with Gasteiger partial charge in [-0.2, -0.15) is 0 Å². The maximum absolute atomic E-state index is 13.6.